The number of pyridine rings is 1. The Bertz CT molecular complexity index is 604. The first-order chi connectivity index (χ1) is 10.1. The molecule has 0 saturated carbocycles. The van der Waals surface area contributed by atoms with Gasteiger partial charge in [0.1, 0.15) is 0 Å². The van der Waals surface area contributed by atoms with Crippen LogP contribution in [0.15, 0.2) is 18.2 Å². The van der Waals surface area contributed by atoms with Crippen LogP contribution in [0.2, 0.25) is 0 Å². The average Bonchev–Trinajstić information content (AvgIpc) is 2.44. The molecule has 0 aromatic carbocycles. The van der Waals surface area contributed by atoms with E-state index < -0.39 is 0 Å². The Morgan fingerprint density at radius 3 is 2.71 bits per heavy atom. The third-order valence-corrected chi connectivity index (χ3v) is 2.74. The largest absolute Gasteiger partial charge is 0.463 e. The van der Waals surface area contributed by atoms with Crippen LogP contribution < -0.4 is 15.4 Å². The molecule has 7 heteroatoms. The summed E-state index contributed by atoms with van der Waals surface area (Å²) in [5.41, 5.74) is 7.61. The topological polar surface area (TPSA) is 90.0 Å². The van der Waals surface area contributed by atoms with Gasteiger partial charge in [-0.15, -0.1) is 0 Å². The van der Waals surface area contributed by atoms with Gasteiger partial charge in [0, 0.05) is 12.7 Å². The lowest BCUT2D eigenvalue weighted by atomic mass is 10.3. The van der Waals surface area contributed by atoms with Gasteiger partial charge in [-0.25, -0.2) is 0 Å². The first-order valence-electron chi connectivity index (χ1n) is 6.86. The maximum atomic E-state index is 5.70. The number of nitrogens with two attached hydrogens (primary N) is 1. The fraction of sp³-hybridized carbons (Fsp3) is 0.429. The van der Waals surface area contributed by atoms with Crippen LogP contribution in [0.4, 0.5) is 11.9 Å². The minimum absolute atomic E-state index is 0.148. The molecule has 2 heterocycles. The predicted molar refractivity (Wildman–Crippen MR) is 81.1 cm³/mol. The van der Waals surface area contributed by atoms with Gasteiger partial charge in [-0.2, -0.15) is 15.0 Å². The molecule has 7 nitrogen and oxygen atoms in total. The Balaban J connectivity index is 2.14. The fourth-order valence-corrected chi connectivity index (χ4v) is 1.79. The average molecular weight is 288 g/mol. The molecule has 0 aliphatic rings. The van der Waals surface area contributed by atoms with Gasteiger partial charge in [0.05, 0.1) is 18.8 Å². The number of hydrogen-bond donors (Lipinski definition) is 1. The second kappa shape index (κ2) is 6.83. The molecular formula is C14H20N6O. The van der Waals surface area contributed by atoms with Gasteiger partial charge in [-0.3, -0.25) is 4.98 Å². The lowest BCUT2D eigenvalue weighted by molar-refractivity contribution is 0.292. The zero-order chi connectivity index (χ0) is 15.2. The molecule has 21 heavy (non-hydrogen) atoms. The first kappa shape index (κ1) is 15.0. The highest BCUT2D eigenvalue weighted by molar-refractivity contribution is 5.35. The zero-order valence-corrected chi connectivity index (χ0v) is 12.6. The number of nitrogens with zero attached hydrogens (tertiary/aromatic N) is 5. The standard InChI is InChI=1S/C14H20N6O/c1-4-8-21-14-18-12(15)17-13(19-14)20(3)9-11-7-5-6-10(2)16-11/h5-7H,4,8-9H2,1-3H3,(H2,15,17,18,19). The molecule has 2 N–H and O–H groups in total. The van der Waals surface area contributed by atoms with Crippen molar-refractivity contribution in [3.63, 3.8) is 0 Å². The predicted octanol–water partition coefficient (Wildman–Crippen LogP) is 1.58. The summed E-state index contributed by atoms with van der Waals surface area (Å²) in [7, 11) is 1.88. The van der Waals surface area contributed by atoms with Crippen molar-refractivity contribution in [1.82, 2.24) is 19.9 Å². The van der Waals surface area contributed by atoms with Crippen molar-refractivity contribution in [2.75, 3.05) is 24.3 Å². The molecule has 0 aliphatic carbocycles. The summed E-state index contributed by atoms with van der Waals surface area (Å²) in [5, 5.41) is 0. The summed E-state index contributed by atoms with van der Waals surface area (Å²) in [4.78, 5) is 18.7. The van der Waals surface area contributed by atoms with Crippen molar-refractivity contribution in [2.24, 2.45) is 0 Å². The van der Waals surface area contributed by atoms with E-state index in [9.17, 15) is 0 Å². The summed E-state index contributed by atoms with van der Waals surface area (Å²) < 4.78 is 5.41. The van der Waals surface area contributed by atoms with E-state index in [1.165, 1.54) is 0 Å². The molecular weight excluding hydrogens is 268 g/mol. The quantitative estimate of drug-likeness (QED) is 0.863. The van der Waals surface area contributed by atoms with Gasteiger partial charge in [-0.05, 0) is 25.5 Å². The van der Waals surface area contributed by atoms with Crippen molar-refractivity contribution < 1.29 is 4.74 Å². The third-order valence-electron chi connectivity index (χ3n) is 2.74. The van der Waals surface area contributed by atoms with Gasteiger partial charge in [0.25, 0.3) is 0 Å². The lowest BCUT2D eigenvalue weighted by Crippen LogP contribution is -2.21. The van der Waals surface area contributed by atoms with Gasteiger partial charge in [0.2, 0.25) is 11.9 Å². The van der Waals surface area contributed by atoms with Crippen molar-refractivity contribution in [2.45, 2.75) is 26.8 Å². The summed E-state index contributed by atoms with van der Waals surface area (Å²) >= 11 is 0. The molecule has 0 radical (unpaired) electrons. The summed E-state index contributed by atoms with van der Waals surface area (Å²) in [6.45, 7) is 5.10. The SMILES string of the molecule is CCCOc1nc(N)nc(N(C)Cc2cccc(C)n2)n1. The fourth-order valence-electron chi connectivity index (χ4n) is 1.79. The van der Waals surface area contributed by atoms with Crippen LogP contribution in [0.25, 0.3) is 0 Å². The van der Waals surface area contributed by atoms with Crippen LogP contribution in [0.3, 0.4) is 0 Å². The Labute approximate surface area is 124 Å². The molecule has 2 rings (SSSR count). The van der Waals surface area contributed by atoms with E-state index in [1.54, 1.807) is 0 Å². The van der Waals surface area contributed by atoms with Crippen LogP contribution >= 0.6 is 0 Å². The van der Waals surface area contributed by atoms with E-state index in [-0.39, 0.29) is 12.0 Å². The smallest absolute Gasteiger partial charge is 0.323 e. The Morgan fingerprint density at radius 2 is 2.00 bits per heavy atom. The molecule has 0 unspecified atom stereocenters. The van der Waals surface area contributed by atoms with Crippen molar-refractivity contribution in [3.8, 4) is 6.01 Å². The summed E-state index contributed by atoms with van der Waals surface area (Å²) in [6, 6.07) is 6.15. The molecule has 112 valence electrons. The van der Waals surface area contributed by atoms with Crippen molar-refractivity contribution >= 4 is 11.9 Å². The highest BCUT2D eigenvalue weighted by Crippen LogP contribution is 2.14. The Kier molecular flexibility index (Phi) is 4.86. The minimum Gasteiger partial charge on any atom is -0.463 e. The van der Waals surface area contributed by atoms with Gasteiger partial charge in [0.15, 0.2) is 0 Å². The monoisotopic (exact) mass is 288 g/mol. The van der Waals surface area contributed by atoms with Crippen LogP contribution in [0.1, 0.15) is 24.7 Å². The lowest BCUT2D eigenvalue weighted by Gasteiger charge is -2.17. The van der Waals surface area contributed by atoms with Gasteiger partial charge >= 0.3 is 6.01 Å². The number of hydrogen-bond acceptors (Lipinski definition) is 7. The molecule has 0 bridgehead atoms. The van der Waals surface area contributed by atoms with E-state index in [1.807, 2.05) is 44.0 Å². The van der Waals surface area contributed by atoms with Crippen LogP contribution in [-0.2, 0) is 6.54 Å². The van der Waals surface area contributed by atoms with E-state index >= 15 is 0 Å². The van der Waals surface area contributed by atoms with Crippen LogP contribution in [0, 0.1) is 6.92 Å². The molecule has 0 saturated heterocycles. The zero-order valence-electron chi connectivity index (χ0n) is 12.6. The molecule has 0 aliphatic heterocycles. The van der Waals surface area contributed by atoms with Crippen LogP contribution in [-0.4, -0.2) is 33.6 Å². The number of aromatic nitrogens is 4. The molecule has 0 fully saturated rings. The maximum absolute atomic E-state index is 5.70. The summed E-state index contributed by atoms with van der Waals surface area (Å²) in [5.74, 6) is 0.618. The number of rotatable bonds is 6. The van der Waals surface area contributed by atoms with E-state index in [0.29, 0.717) is 19.1 Å². The number of anilines is 2. The third kappa shape index (κ3) is 4.27. The molecule has 2 aromatic rings. The summed E-state index contributed by atoms with van der Waals surface area (Å²) in [6.07, 6.45) is 0.879. The second-order valence-corrected chi connectivity index (χ2v) is 4.75. The number of ether oxygens (including phenoxy) is 1. The Hall–Kier alpha value is -2.44. The van der Waals surface area contributed by atoms with E-state index in [0.717, 1.165) is 17.8 Å². The molecule has 0 amide bonds. The maximum Gasteiger partial charge on any atom is 0.323 e. The molecule has 0 spiro atoms. The Morgan fingerprint density at radius 1 is 1.19 bits per heavy atom. The van der Waals surface area contributed by atoms with E-state index in [4.69, 9.17) is 10.5 Å². The van der Waals surface area contributed by atoms with Gasteiger partial charge in [-0.1, -0.05) is 13.0 Å². The number of nitrogen functional groups attached to an aromatic ring is 1. The first-order valence-corrected chi connectivity index (χ1v) is 6.86. The highest BCUT2D eigenvalue weighted by Gasteiger charge is 2.11. The second-order valence-electron chi connectivity index (χ2n) is 4.75. The number of aryl methyl sites for hydroxylation is 1. The normalized spacial score (nSPS) is 10.4. The molecule has 2 aromatic heterocycles. The van der Waals surface area contributed by atoms with Crippen LogP contribution in [0.5, 0.6) is 6.01 Å². The van der Waals surface area contributed by atoms with Crippen molar-refractivity contribution in [3.05, 3.63) is 29.6 Å². The molecule has 0 atom stereocenters. The minimum atomic E-state index is 0.148. The van der Waals surface area contributed by atoms with Gasteiger partial charge < -0.3 is 15.4 Å². The highest BCUT2D eigenvalue weighted by atomic mass is 16.5. The van der Waals surface area contributed by atoms with E-state index in [2.05, 4.69) is 19.9 Å². The van der Waals surface area contributed by atoms with Crippen molar-refractivity contribution in [1.29, 1.82) is 0 Å².